The standard InChI is InChI=1S/C45H67N5/c1-11-14-15-19-34(5)47-37(8)33(4)31-46-38(9)44-29-43(30-45(36(44)7)50(13-3)39(10)41-20-16-17-21-41)42(18-12-2)28-35(6)49-26-24-48(25-27-49)32-40-22-23-40/h12,18-19,28-30,40-41,46-47H,4,6,8-11,13-17,20-27,31-32H2,1-3,5,7H3/b18-12-,34-19-,42-28+. The van der Waals surface area contributed by atoms with Crippen molar-refractivity contribution in [1.82, 2.24) is 20.4 Å². The lowest BCUT2D eigenvalue weighted by Gasteiger charge is -2.36. The molecule has 2 N–H and O–H groups in total. The van der Waals surface area contributed by atoms with Crippen LogP contribution in [0.25, 0.3) is 11.3 Å². The molecule has 5 nitrogen and oxygen atoms in total. The van der Waals surface area contributed by atoms with E-state index in [4.69, 9.17) is 0 Å². The molecule has 0 aromatic heterocycles. The zero-order valence-electron chi connectivity index (χ0n) is 32.3. The molecule has 1 saturated heterocycles. The van der Waals surface area contributed by atoms with Crippen LogP contribution in [-0.2, 0) is 0 Å². The fourth-order valence-electron chi connectivity index (χ4n) is 7.34. The van der Waals surface area contributed by atoms with Crippen LogP contribution in [-0.4, -0.2) is 55.6 Å². The van der Waals surface area contributed by atoms with Gasteiger partial charge in [-0.15, -0.1) is 0 Å². The summed E-state index contributed by atoms with van der Waals surface area (Å²) >= 11 is 0. The van der Waals surface area contributed by atoms with E-state index in [0.29, 0.717) is 12.5 Å². The first kappa shape index (κ1) is 39.1. The van der Waals surface area contributed by atoms with E-state index in [9.17, 15) is 0 Å². The minimum Gasteiger partial charge on any atom is -0.381 e. The number of hydrogen-bond acceptors (Lipinski definition) is 5. The number of piperazine rings is 1. The minimum absolute atomic E-state index is 0.535. The largest absolute Gasteiger partial charge is 0.381 e. The van der Waals surface area contributed by atoms with Gasteiger partial charge in [0, 0.05) is 85.5 Å². The second-order valence-electron chi connectivity index (χ2n) is 14.8. The van der Waals surface area contributed by atoms with Gasteiger partial charge in [0.05, 0.1) is 0 Å². The van der Waals surface area contributed by atoms with Gasteiger partial charge in [0.1, 0.15) is 0 Å². The van der Waals surface area contributed by atoms with E-state index in [1.54, 1.807) is 0 Å². The average Bonchev–Trinajstić information content (AvgIpc) is 3.75. The summed E-state index contributed by atoms with van der Waals surface area (Å²) in [7, 11) is 0. The van der Waals surface area contributed by atoms with E-state index in [1.807, 2.05) is 0 Å². The predicted octanol–water partition coefficient (Wildman–Crippen LogP) is 10.3. The lowest BCUT2D eigenvalue weighted by molar-refractivity contribution is 0.157. The van der Waals surface area contributed by atoms with E-state index in [1.165, 1.54) is 74.9 Å². The van der Waals surface area contributed by atoms with Crippen molar-refractivity contribution in [2.75, 3.05) is 50.7 Å². The van der Waals surface area contributed by atoms with Crippen LogP contribution < -0.4 is 15.5 Å². The van der Waals surface area contributed by atoms with Gasteiger partial charge in [-0.3, -0.25) is 4.90 Å². The quantitative estimate of drug-likeness (QED) is 0.106. The van der Waals surface area contributed by atoms with Crippen molar-refractivity contribution in [3.63, 3.8) is 0 Å². The molecular weight excluding hydrogens is 611 g/mol. The Morgan fingerprint density at radius 3 is 2.30 bits per heavy atom. The molecule has 1 heterocycles. The van der Waals surface area contributed by atoms with Crippen molar-refractivity contribution in [2.24, 2.45) is 11.8 Å². The highest BCUT2D eigenvalue weighted by molar-refractivity contribution is 5.83. The number of allylic oxidation sites excluding steroid dienone is 7. The van der Waals surface area contributed by atoms with Crippen LogP contribution in [0.4, 0.5) is 5.69 Å². The summed E-state index contributed by atoms with van der Waals surface area (Å²) in [5.74, 6) is 1.47. The van der Waals surface area contributed by atoms with Crippen LogP contribution >= 0.6 is 0 Å². The average molecular weight is 678 g/mol. The highest BCUT2D eigenvalue weighted by Crippen LogP contribution is 2.39. The maximum absolute atomic E-state index is 4.68. The van der Waals surface area contributed by atoms with E-state index >= 15 is 0 Å². The number of nitrogens with zero attached hydrogens (tertiary/aromatic N) is 3. The molecule has 5 heteroatoms. The molecule has 1 aliphatic heterocycles. The second-order valence-corrected chi connectivity index (χ2v) is 14.8. The molecule has 3 aliphatic rings. The Kier molecular flexibility index (Phi) is 14.9. The Morgan fingerprint density at radius 2 is 1.68 bits per heavy atom. The van der Waals surface area contributed by atoms with Crippen LogP contribution in [0.3, 0.4) is 0 Å². The second kappa shape index (κ2) is 19.1. The Labute approximate surface area is 306 Å². The van der Waals surface area contributed by atoms with Crippen molar-refractivity contribution in [1.29, 1.82) is 0 Å². The van der Waals surface area contributed by atoms with Crippen LogP contribution in [0, 0.1) is 18.8 Å². The number of benzene rings is 1. The van der Waals surface area contributed by atoms with Crippen molar-refractivity contribution >= 4 is 17.0 Å². The molecule has 2 saturated carbocycles. The topological polar surface area (TPSA) is 33.8 Å². The molecule has 0 spiro atoms. The van der Waals surface area contributed by atoms with Crippen LogP contribution in [0.15, 0.2) is 97.7 Å². The molecule has 1 aromatic carbocycles. The predicted molar refractivity (Wildman–Crippen MR) is 220 cm³/mol. The van der Waals surface area contributed by atoms with Gasteiger partial charge in [-0.2, -0.15) is 0 Å². The molecule has 0 amide bonds. The van der Waals surface area contributed by atoms with Gasteiger partial charge in [0.15, 0.2) is 0 Å². The summed E-state index contributed by atoms with van der Waals surface area (Å²) in [5.41, 5.74) is 11.9. The molecule has 3 fully saturated rings. The fraction of sp³-hybridized carbons (Fsp3) is 0.511. The van der Waals surface area contributed by atoms with Crippen LogP contribution in [0.1, 0.15) is 102 Å². The molecule has 4 rings (SSSR count). The third-order valence-corrected chi connectivity index (χ3v) is 10.8. The monoisotopic (exact) mass is 678 g/mol. The van der Waals surface area contributed by atoms with Crippen molar-refractivity contribution in [3.05, 3.63) is 114 Å². The summed E-state index contributed by atoms with van der Waals surface area (Å²) in [6.45, 7) is 40.3. The minimum atomic E-state index is 0.535. The molecule has 0 bridgehead atoms. The smallest absolute Gasteiger partial charge is 0.0450 e. The van der Waals surface area contributed by atoms with Crippen molar-refractivity contribution in [2.45, 2.75) is 92.4 Å². The Morgan fingerprint density at radius 1 is 0.980 bits per heavy atom. The first-order valence-corrected chi connectivity index (χ1v) is 19.4. The van der Waals surface area contributed by atoms with E-state index in [0.717, 1.165) is 90.1 Å². The molecule has 272 valence electrons. The van der Waals surface area contributed by atoms with E-state index < -0.39 is 0 Å². The molecule has 1 aromatic rings. The number of hydrogen-bond donors (Lipinski definition) is 2. The van der Waals surface area contributed by atoms with Crippen LogP contribution in [0.2, 0.25) is 0 Å². The van der Waals surface area contributed by atoms with Crippen molar-refractivity contribution in [3.8, 4) is 0 Å². The number of rotatable bonds is 20. The zero-order chi connectivity index (χ0) is 36.2. The van der Waals surface area contributed by atoms with Crippen molar-refractivity contribution < 1.29 is 0 Å². The van der Waals surface area contributed by atoms with Gasteiger partial charge in [-0.05, 0) is 112 Å². The fourth-order valence-corrected chi connectivity index (χ4v) is 7.34. The maximum Gasteiger partial charge on any atom is 0.0450 e. The normalized spacial score (nSPS) is 17.7. The first-order valence-electron chi connectivity index (χ1n) is 19.4. The highest BCUT2D eigenvalue weighted by atomic mass is 15.3. The number of anilines is 1. The number of unbranched alkanes of at least 4 members (excludes halogenated alkanes) is 2. The summed E-state index contributed by atoms with van der Waals surface area (Å²) in [6.07, 6.45) is 20.2. The van der Waals surface area contributed by atoms with Gasteiger partial charge < -0.3 is 20.4 Å². The number of nitrogens with one attached hydrogen (secondary N) is 2. The van der Waals surface area contributed by atoms with Gasteiger partial charge in [-0.25, -0.2) is 0 Å². The Bertz CT molecular complexity index is 1470. The molecule has 2 aliphatic carbocycles. The molecule has 0 radical (unpaired) electrons. The lowest BCUT2D eigenvalue weighted by atomic mass is 9.93. The zero-order valence-corrected chi connectivity index (χ0v) is 32.3. The third-order valence-electron chi connectivity index (χ3n) is 10.8. The van der Waals surface area contributed by atoms with Gasteiger partial charge >= 0.3 is 0 Å². The van der Waals surface area contributed by atoms with Crippen LogP contribution in [0.5, 0.6) is 0 Å². The highest BCUT2D eigenvalue weighted by Gasteiger charge is 2.27. The molecule has 0 unspecified atom stereocenters. The molecule has 50 heavy (non-hydrogen) atoms. The third kappa shape index (κ3) is 10.9. The summed E-state index contributed by atoms with van der Waals surface area (Å²) in [6, 6.07) is 4.66. The van der Waals surface area contributed by atoms with Gasteiger partial charge in [0.2, 0.25) is 0 Å². The summed E-state index contributed by atoms with van der Waals surface area (Å²) in [5, 5.41) is 7.04. The van der Waals surface area contributed by atoms with E-state index in [-0.39, 0.29) is 0 Å². The molecule has 0 atom stereocenters. The summed E-state index contributed by atoms with van der Waals surface area (Å²) in [4.78, 5) is 7.54. The Hall–Kier alpha value is -3.70. The molecular formula is C45H67N5. The van der Waals surface area contributed by atoms with Gasteiger partial charge in [0.25, 0.3) is 0 Å². The maximum atomic E-state index is 4.68. The van der Waals surface area contributed by atoms with E-state index in [2.05, 4.69) is 129 Å². The SMILES string of the molecule is C=C(CNC(=C)c1cc(C(/C=C\C)=C/C(=C)N2CCN(CC3CC3)CC2)cc(N(CC)C(=C)C2CCCC2)c1C)C(=C)N/C(C)=C\CCCC. The summed E-state index contributed by atoms with van der Waals surface area (Å²) < 4.78 is 0. The lowest BCUT2D eigenvalue weighted by Crippen LogP contribution is -2.46. The Balaban J connectivity index is 1.60. The first-order chi connectivity index (χ1) is 24.1. The van der Waals surface area contributed by atoms with Gasteiger partial charge in [-0.1, -0.05) is 83.7 Å².